The zero-order valence-corrected chi connectivity index (χ0v) is 14.4. The lowest BCUT2D eigenvalue weighted by atomic mass is 10.2. The van der Waals surface area contributed by atoms with Gasteiger partial charge in [-0.15, -0.1) is 0 Å². The van der Waals surface area contributed by atoms with Gasteiger partial charge in [0, 0.05) is 24.3 Å². The fourth-order valence-corrected chi connectivity index (χ4v) is 3.07. The number of nitrogens with one attached hydrogen (secondary N) is 1. The molecule has 1 amide bonds. The van der Waals surface area contributed by atoms with Crippen molar-refractivity contribution in [2.24, 2.45) is 0 Å². The molecule has 0 radical (unpaired) electrons. The number of hydrogen-bond donors (Lipinski definition) is 1. The maximum absolute atomic E-state index is 13.1. The van der Waals surface area contributed by atoms with Crippen LogP contribution in [0.5, 0.6) is 0 Å². The van der Waals surface area contributed by atoms with E-state index in [2.05, 4.69) is 21.8 Å². The number of fused-ring (bicyclic) bond motifs is 1. The molecular weight excluding hydrogens is 326 g/mol. The second kappa shape index (κ2) is 6.66. The van der Waals surface area contributed by atoms with Crippen LogP contribution in [-0.4, -0.2) is 20.0 Å². The highest BCUT2D eigenvalue weighted by atomic mass is 19.3. The Balaban J connectivity index is 1.92. The van der Waals surface area contributed by atoms with Crippen LogP contribution in [0.4, 0.5) is 14.5 Å². The van der Waals surface area contributed by atoms with Gasteiger partial charge in [-0.1, -0.05) is 6.92 Å². The minimum Gasteiger partial charge on any atom is -0.328 e. The van der Waals surface area contributed by atoms with Gasteiger partial charge in [-0.25, -0.2) is 4.98 Å². The molecule has 5 nitrogen and oxygen atoms in total. The summed E-state index contributed by atoms with van der Waals surface area (Å²) in [5, 5.41) is 2.68. The number of carbonyl (C=O) groups excluding carboxylic acids is 1. The molecule has 7 heteroatoms. The predicted molar refractivity (Wildman–Crippen MR) is 93.2 cm³/mol. The Morgan fingerprint density at radius 2 is 2.00 bits per heavy atom. The average Bonchev–Trinajstić information content (AvgIpc) is 3.14. The number of carbonyl (C=O) groups is 1. The number of anilines is 1. The van der Waals surface area contributed by atoms with Crippen LogP contribution in [0.15, 0.2) is 30.3 Å². The summed E-state index contributed by atoms with van der Waals surface area (Å²) in [5.74, 6) is 0.404. The van der Waals surface area contributed by atoms with Crippen LogP contribution in [0.2, 0.25) is 0 Å². The van der Waals surface area contributed by atoms with E-state index in [1.807, 2.05) is 13.0 Å². The van der Waals surface area contributed by atoms with E-state index in [1.54, 1.807) is 19.1 Å². The fourth-order valence-electron chi connectivity index (χ4n) is 3.07. The first kappa shape index (κ1) is 17.1. The number of aromatic nitrogens is 3. The van der Waals surface area contributed by atoms with Crippen molar-refractivity contribution in [3.8, 4) is 0 Å². The summed E-state index contributed by atoms with van der Waals surface area (Å²) in [6, 6.07) is 8.31. The molecule has 3 aromatic rings. The number of nitrogens with zero attached hydrogens (tertiary/aromatic N) is 3. The van der Waals surface area contributed by atoms with E-state index in [-0.39, 0.29) is 5.69 Å². The molecule has 0 atom stereocenters. The van der Waals surface area contributed by atoms with Crippen molar-refractivity contribution in [1.82, 2.24) is 14.1 Å². The van der Waals surface area contributed by atoms with Crippen molar-refractivity contribution in [2.75, 3.05) is 5.32 Å². The number of benzene rings is 1. The molecule has 25 heavy (non-hydrogen) atoms. The Morgan fingerprint density at radius 3 is 2.64 bits per heavy atom. The van der Waals surface area contributed by atoms with E-state index in [4.69, 9.17) is 0 Å². The SMILES string of the molecule is CCc1nc2cc(NC(=O)c3ccc(C)n3C(F)F)ccc2n1CC. The number of aryl methyl sites for hydroxylation is 3. The van der Waals surface area contributed by atoms with Gasteiger partial charge in [0.05, 0.1) is 11.0 Å². The van der Waals surface area contributed by atoms with Gasteiger partial charge in [0.15, 0.2) is 0 Å². The van der Waals surface area contributed by atoms with Crippen LogP contribution in [-0.2, 0) is 13.0 Å². The molecular formula is C18H20F2N4O. The van der Waals surface area contributed by atoms with Gasteiger partial charge < -0.3 is 9.88 Å². The number of alkyl halides is 2. The summed E-state index contributed by atoms with van der Waals surface area (Å²) < 4.78 is 29.1. The van der Waals surface area contributed by atoms with Crippen molar-refractivity contribution in [3.63, 3.8) is 0 Å². The summed E-state index contributed by atoms with van der Waals surface area (Å²) in [4.78, 5) is 17.0. The van der Waals surface area contributed by atoms with Crippen molar-refractivity contribution < 1.29 is 13.6 Å². The van der Waals surface area contributed by atoms with Gasteiger partial charge >= 0.3 is 6.55 Å². The molecule has 3 rings (SSSR count). The maximum Gasteiger partial charge on any atom is 0.319 e. The standard InChI is InChI=1S/C18H20F2N4O/c1-4-16-22-13-10-12(7-9-14(13)23(16)5-2)21-17(25)15-8-6-11(3)24(15)18(19)20/h6-10,18H,4-5H2,1-3H3,(H,21,25). The summed E-state index contributed by atoms with van der Waals surface area (Å²) >= 11 is 0. The molecule has 0 aliphatic rings. The Morgan fingerprint density at radius 1 is 1.24 bits per heavy atom. The van der Waals surface area contributed by atoms with E-state index in [0.29, 0.717) is 11.4 Å². The normalized spacial score (nSPS) is 11.4. The largest absolute Gasteiger partial charge is 0.328 e. The molecule has 0 bridgehead atoms. The molecule has 0 aliphatic carbocycles. The highest BCUT2D eigenvalue weighted by molar-refractivity contribution is 6.04. The van der Waals surface area contributed by atoms with Crippen molar-refractivity contribution in [1.29, 1.82) is 0 Å². The van der Waals surface area contributed by atoms with Gasteiger partial charge in [0.25, 0.3) is 5.91 Å². The quantitative estimate of drug-likeness (QED) is 0.745. The van der Waals surface area contributed by atoms with E-state index < -0.39 is 12.5 Å². The number of imidazole rings is 1. The lowest BCUT2D eigenvalue weighted by Crippen LogP contribution is -2.18. The molecule has 0 saturated carbocycles. The van der Waals surface area contributed by atoms with Gasteiger partial charge in [0.1, 0.15) is 11.5 Å². The lowest BCUT2D eigenvalue weighted by Gasteiger charge is -2.11. The molecule has 1 aromatic carbocycles. The van der Waals surface area contributed by atoms with E-state index in [0.717, 1.165) is 34.4 Å². The van der Waals surface area contributed by atoms with Gasteiger partial charge in [-0.3, -0.25) is 9.36 Å². The highest BCUT2D eigenvalue weighted by Gasteiger charge is 2.19. The van der Waals surface area contributed by atoms with E-state index >= 15 is 0 Å². The average molecular weight is 346 g/mol. The first-order chi connectivity index (χ1) is 12.0. The van der Waals surface area contributed by atoms with Gasteiger partial charge in [0.2, 0.25) is 0 Å². The first-order valence-electron chi connectivity index (χ1n) is 8.22. The number of amides is 1. The Bertz CT molecular complexity index is 927. The zero-order valence-electron chi connectivity index (χ0n) is 14.4. The van der Waals surface area contributed by atoms with E-state index in [9.17, 15) is 13.6 Å². The van der Waals surface area contributed by atoms with Crippen LogP contribution in [0, 0.1) is 6.92 Å². The summed E-state index contributed by atoms with van der Waals surface area (Å²) in [6.45, 7) is 3.68. The van der Waals surface area contributed by atoms with Crippen molar-refractivity contribution >= 4 is 22.6 Å². The van der Waals surface area contributed by atoms with Crippen molar-refractivity contribution in [3.05, 3.63) is 47.5 Å². The van der Waals surface area contributed by atoms with Crippen LogP contribution in [0.1, 0.15) is 42.4 Å². The molecule has 0 spiro atoms. The third-order valence-electron chi connectivity index (χ3n) is 4.27. The number of hydrogen-bond acceptors (Lipinski definition) is 2. The van der Waals surface area contributed by atoms with E-state index in [1.165, 1.54) is 12.1 Å². The Hall–Kier alpha value is -2.70. The molecule has 0 saturated heterocycles. The fraction of sp³-hybridized carbons (Fsp3) is 0.333. The van der Waals surface area contributed by atoms with Crippen molar-refractivity contribution in [2.45, 2.75) is 40.3 Å². The van der Waals surface area contributed by atoms with Gasteiger partial charge in [-0.2, -0.15) is 8.78 Å². The summed E-state index contributed by atoms with van der Waals surface area (Å²) in [7, 11) is 0. The smallest absolute Gasteiger partial charge is 0.319 e. The topological polar surface area (TPSA) is 51.9 Å². The molecule has 132 valence electrons. The number of halogens is 2. The highest BCUT2D eigenvalue weighted by Crippen LogP contribution is 2.23. The molecule has 1 N–H and O–H groups in total. The minimum absolute atomic E-state index is 0.0686. The zero-order chi connectivity index (χ0) is 18.1. The third-order valence-corrected chi connectivity index (χ3v) is 4.27. The number of rotatable bonds is 5. The first-order valence-corrected chi connectivity index (χ1v) is 8.22. The van der Waals surface area contributed by atoms with Crippen LogP contribution in [0.25, 0.3) is 11.0 Å². The summed E-state index contributed by atoms with van der Waals surface area (Å²) in [5.41, 5.74) is 2.56. The monoisotopic (exact) mass is 346 g/mol. The van der Waals surface area contributed by atoms with Crippen LogP contribution in [0.3, 0.4) is 0 Å². The molecule has 0 fully saturated rings. The maximum atomic E-state index is 13.1. The second-order valence-corrected chi connectivity index (χ2v) is 5.79. The molecule has 0 aliphatic heterocycles. The Labute approximate surface area is 144 Å². The minimum atomic E-state index is -2.76. The third kappa shape index (κ3) is 3.01. The predicted octanol–water partition coefficient (Wildman–Crippen LogP) is 4.38. The molecule has 2 heterocycles. The molecule has 2 aromatic heterocycles. The van der Waals surface area contributed by atoms with Crippen LogP contribution < -0.4 is 5.32 Å². The Kier molecular flexibility index (Phi) is 4.57. The van der Waals surface area contributed by atoms with Crippen LogP contribution >= 0.6 is 0 Å². The summed E-state index contributed by atoms with van der Waals surface area (Å²) in [6.07, 6.45) is 0.811. The van der Waals surface area contributed by atoms with Gasteiger partial charge in [-0.05, 0) is 44.2 Å². The second-order valence-electron chi connectivity index (χ2n) is 5.79. The lowest BCUT2D eigenvalue weighted by molar-refractivity contribution is 0.0632. The molecule has 0 unspecified atom stereocenters.